The number of aromatic nitrogens is 3. The van der Waals surface area contributed by atoms with E-state index in [0.29, 0.717) is 23.9 Å². The quantitative estimate of drug-likeness (QED) is 0.370. The van der Waals surface area contributed by atoms with Crippen molar-refractivity contribution in [3.63, 3.8) is 0 Å². The molecule has 0 radical (unpaired) electrons. The van der Waals surface area contributed by atoms with Gasteiger partial charge in [-0.25, -0.2) is 18.7 Å². The van der Waals surface area contributed by atoms with Crippen molar-refractivity contribution in [1.82, 2.24) is 19.9 Å². The molecular formula is C30H36F3N5O. The Morgan fingerprint density at radius 1 is 1.03 bits per heavy atom. The average molecular weight is 540 g/mol. The number of rotatable bonds is 6. The van der Waals surface area contributed by atoms with Gasteiger partial charge in [0.25, 0.3) is 6.36 Å². The van der Waals surface area contributed by atoms with Crippen LogP contribution in [0, 0.1) is 11.6 Å². The number of benzene rings is 1. The summed E-state index contributed by atoms with van der Waals surface area (Å²) < 4.78 is 49.2. The van der Waals surface area contributed by atoms with Crippen LogP contribution in [-0.4, -0.2) is 58.9 Å². The van der Waals surface area contributed by atoms with Gasteiger partial charge >= 0.3 is 0 Å². The Labute approximate surface area is 228 Å². The highest BCUT2D eigenvalue weighted by Crippen LogP contribution is 2.41. The predicted molar refractivity (Wildman–Crippen MR) is 146 cm³/mol. The number of ether oxygens (including phenoxy) is 1. The van der Waals surface area contributed by atoms with Gasteiger partial charge in [-0.05, 0) is 82.4 Å². The molecule has 5 rings (SSSR count). The summed E-state index contributed by atoms with van der Waals surface area (Å²) in [5.74, 6) is -0.450. The highest BCUT2D eigenvalue weighted by Gasteiger charge is 2.31. The predicted octanol–water partition coefficient (Wildman–Crippen LogP) is 6.24. The van der Waals surface area contributed by atoms with Gasteiger partial charge in [-0.15, -0.1) is 0 Å². The molecule has 1 atom stereocenters. The molecule has 208 valence electrons. The maximum absolute atomic E-state index is 15.0. The van der Waals surface area contributed by atoms with E-state index >= 15 is 4.39 Å². The van der Waals surface area contributed by atoms with Crippen molar-refractivity contribution in [2.75, 3.05) is 31.6 Å². The third-order valence-electron chi connectivity index (χ3n) is 7.67. The summed E-state index contributed by atoms with van der Waals surface area (Å²) in [6, 6.07) is 6.82. The molecule has 1 unspecified atom stereocenters. The van der Waals surface area contributed by atoms with Crippen LogP contribution in [0.3, 0.4) is 0 Å². The molecule has 1 saturated heterocycles. The lowest BCUT2D eigenvalue weighted by atomic mass is 9.86. The molecule has 0 amide bonds. The minimum Gasteiger partial charge on any atom is -0.453 e. The van der Waals surface area contributed by atoms with E-state index in [0.717, 1.165) is 49.6 Å². The minimum atomic E-state index is -1.64. The van der Waals surface area contributed by atoms with Crippen molar-refractivity contribution in [2.45, 2.75) is 71.2 Å². The standard InChI is InChI=1S/C30H36F3N5O/c1-17(2)28-22(19-8-10-37(5)11-9-19)7-6-21(35-28)14-27-34-15-24(32)29(36-27)20-12-23(31)30-25(13-20)38(18(3)4)16-26(33)39-30/h6-7,12-13,15,17-19,26H,8-11,14,16H2,1-5H3. The zero-order valence-corrected chi connectivity index (χ0v) is 23.2. The lowest BCUT2D eigenvalue weighted by molar-refractivity contribution is 0.0591. The fourth-order valence-corrected chi connectivity index (χ4v) is 5.56. The van der Waals surface area contributed by atoms with Crippen molar-refractivity contribution < 1.29 is 17.9 Å². The Bertz CT molecular complexity index is 1340. The van der Waals surface area contributed by atoms with Crippen molar-refractivity contribution in [1.29, 1.82) is 0 Å². The topological polar surface area (TPSA) is 54.4 Å². The molecule has 2 aliphatic heterocycles. The van der Waals surface area contributed by atoms with Gasteiger partial charge in [-0.3, -0.25) is 4.98 Å². The first-order valence-corrected chi connectivity index (χ1v) is 13.7. The number of piperidine rings is 1. The summed E-state index contributed by atoms with van der Waals surface area (Å²) in [6.07, 6.45) is 2.02. The van der Waals surface area contributed by atoms with E-state index in [9.17, 15) is 8.78 Å². The van der Waals surface area contributed by atoms with E-state index in [2.05, 4.69) is 41.8 Å². The molecule has 1 aromatic carbocycles. The molecule has 4 heterocycles. The van der Waals surface area contributed by atoms with Gasteiger partial charge in [0.2, 0.25) is 0 Å². The van der Waals surface area contributed by atoms with Crippen LogP contribution in [0.2, 0.25) is 0 Å². The number of nitrogens with zero attached hydrogens (tertiary/aromatic N) is 5. The van der Waals surface area contributed by atoms with Crippen LogP contribution in [0.5, 0.6) is 5.75 Å². The second-order valence-corrected chi connectivity index (χ2v) is 11.2. The van der Waals surface area contributed by atoms with E-state index in [1.807, 2.05) is 19.9 Å². The van der Waals surface area contributed by atoms with E-state index in [4.69, 9.17) is 9.72 Å². The highest BCUT2D eigenvalue weighted by molar-refractivity contribution is 5.72. The summed E-state index contributed by atoms with van der Waals surface area (Å²) in [4.78, 5) is 17.7. The first-order chi connectivity index (χ1) is 18.6. The second kappa shape index (κ2) is 11.1. The normalized spacial score (nSPS) is 18.5. The molecule has 2 aromatic heterocycles. The SMILES string of the molecule is CC(C)c1nc(Cc2ncc(F)c(-c3cc(F)c4c(c3)N(C(C)C)CC(F)O4)n2)ccc1C1CCN(C)CC1. The first-order valence-electron chi connectivity index (χ1n) is 13.7. The zero-order valence-electron chi connectivity index (χ0n) is 23.2. The Kier molecular flexibility index (Phi) is 7.80. The number of halogens is 3. The summed E-state index contributed by atoms with van der Waals surface area (Å²) in [7, 11) is 2.16. The van der Waals surface area contributed by atoms with Crippen LogP contribution in [0.1, 0.15) is 75.1 Å². The molecule has 9 heteroatoms. The van der Waals surface area contributed by atoms with Gasteiger partial charge in [-0.2, -0.15) is 4.39 Å². The van der Waals surface area contributed by atoms with Crippen molar-refractivity contribution in [3.8, 4) is 17.0 Å². The van der Waals surface area contributed by atoms with Crippen LogP contribution >= 0.6 is 0 Å². The lowest BCUT2D eigenvalue weighted by Crippen LogP contribution is -2.42. The Balaban J connectivity index is 1.45. The van der Waals surface area contributed by atoms with Crippen LogP contribution in [-0.2, 0) is 6.42 Å². The van der Waals surface area contributed by atoms with Crippen LogP contribution in [0.15, 0.2) is 30.5 Å². The van der Waals surface area contributed by atoms with E-state index in [-0.39, 0.29) is 35.5 Å². The van der Waals surface area contributed by atoms with Gasteiger partial charge < -0.3 is 14.5 Å². The Morgan fingerprint density at radius 3 is 2.46 bits per heavy atom. The highest BCUT2D eigenvalue weighted by atomic mass is 19.1. The summed E-state index contributed by atoms with van der Waals surface area (Å²) >= 11 is 0. The molecular weight excluding hydrogens is 503 g/mol. The van der Waals surface area contributed by atoms with E-state index in [1.165, 1.54) is 5.56 Å². The molecule has 3 aromatic rings. The molecule has 0 aliphatic carbocycles. The average Bonchev–Trinajstić information content (AvgIpc) is 2.90. The summed E-state index contributed by atoms with van der Waals surface area (Å²) in [6.45, 7) is 10.2. The van der Waals surface area contributed by atoms with Gasteiger partial charge in [0, 0.05) is 23.0 Å². The maximum Gasteiger partial charge on any atom is 0.256 e. The smallest absolute Gasteiger partial charge is 0.256 e. The Morgan fingerprint density at radius 2 is 1.77 bits per heavy atom. The molecule has 2 aliphatic rings. The fraction of sp³-hybridized carbons (Fsp3) is 0.500. The monoisotopic (exact) mass is 539 g/mol. The first kappa shape index (κ1) is 27.4. The van der Waals surface area contributed by atoms with Crippen molar-refractivity contribution in [2.24, 2.45) is 0 Å². The van der Waals surface area contributed by atoms with E-state index in [1.54, 1.807) is 11.0 Å². The van der Waals surface area contributed by atoms with E-state index < -0.39 is 18.0 Å². The number of pyridine rings is 1. The zero-order chi connectivity index (χ0) is 27.8. The van der Waals surface area contributed by atoms with Gasteiger partial charge in [0.15, 0.2) is 17.4 Å². The number of alkyl halides is 1. The van der Waals surface area contributed by atoms with Crippen LogP contribution < -0.4 is 9.64 Å². The molecule has 0 spiro atoms. The fourth-order valence-electron chi connectivity index (χ4n) is 5.56. The number of anilines is 1. The summed E-state index contributed by atoms with van der Waals surface area (Å²) in [5, 5.41) is 0. The largest absolute Gasteiger partial charge is 0.453 e. The van der Waals surface area contributed by atoms with Gasteiger partial charge in [0.05, 0.1) is 24.8 Å². The van der Waals surface area contributed by atoms with Crippen LogP contribution in [0.4, 0.5) is 18.9 Å². The molecule has 0 bridgehead atoms. The Hall–Kier alpha value is -3.20. The van der Waals surface area contributed by atoms with Crippen LogP contribution in [0.25, 0.3) is 11.3 Å². The molecule has 0 N–H and O–H groups in total. The number of likely N-dealkylation sites (tertiary alicyclic amines) is 1. The van der Waals surface area contributed by atoms with Gasteiger partial charge in [-0.1, -0.05) is 19.9 Å². The molecule has 39 heavy (non-hydrogen) atoms. The number of fused-ring (bicyclic) bond motifs is 1. The molecule has 6 nitrogen and oxygen atoms in total. The van der Waals surface area contributed by atoms with Gasteiger partial charge in [0.1, 0.15) is 11.5 Å². The minimum absolute atomic E-state index is 0.0141. The third-order valence-corrected chi connectivity index (χ3v) is 7.67. The lowest BCUT2D eigenvalue weighted by Gasteiger charge is -2.36. The summed E-state index contributed by atoms with van der Waals surface area (Å²) in [5.41, 5.74) is 3.80. The van der Waals surface area contributed by atoms with Crippen molar-refractivity contribution in [3.05, 3.63) is 64.9 Å². The molecule has 1 fully saturated rings. The number of hydrogen-bond acceptors (Lipinski definition) is 6. The van der Waals surface area contributed by atoms with Crippen molar-refractivity contribution >= 4 is 5.69 Å². The maximum atomic E-state index is 15.0. The second-order valence-electron chi connectivity index (χ2n) is 11.2. The number of hydrogen-bond donors (Lipinski definition) is 0. The third kappa shape index (κ3) is 5.73. The molecule has 0 saturated carbocycles.